The fourth-order valence-corrected chi connectivity index (χ4v) is 0.344. The first kappa shape index (κ1) is 36.5. The van der Waals surface area contributed by atoms with E-state index in [1.54, 1.807) is 0 Å². The number of rotatable bonds is 2. The van der Waals surface area contributed by atoms with Gasteiger partial charge >= 0.3 is 31.9 Å². The molecule has 0 N–H and O–H groups in total. The van der Waals surface area contributed by atoms with Gasteiger partial charge in [-0.25, -0.2) is 9.59 Å². The molecule has 0 saturated carbocycles. The molecule has 6 nitrogen and oxygen atoms in total. The van der Waals surface area contributed by atoms with Crippen LogP contribution < -0.4 is 49.6 Å². The van der Waals surface area contributed by atoms with Crippen LogP contribution in [0.4, 0.5) is 0 Å². The number of isocyanates is 2. The third kappa shape index (κ3) is 22.9. The van der Waals surface area contributed by atoms with Crippen molar-refractivity contribution in [3.63, 3.8) is 0 Å². The molecule has 0 aliphatic heterocycles. The molecule has 0 radical (unpaired) electrons. The second kappa shape index (κ2) is 19.2. The molecule has 0 rings (SSSR count). The standard InChI is InChI=1S/C2N2O4S.4ClH.Ti/c5-1-3-9(7,8)4-2-6;;;;;/h;4*1H;/q;;;;;+4/p-4. The van der Waals surface area contributed by atoms with Crippen molar-refractivity contribution in [1.82, 2.24) is 0 Å². The molecule has 0 amide bonds. The Balaban J connectivity index is -0.0000000320. The van der Waals surface area contributed by atoms with Gasteiger partial charge in [-0.1, -0.05) is 8.80 Å². The molecule has 12 heteroatoms. The zero-order valence-electron chi connectivity index (χ0n) is 5.95. The molecule has 0 aliphatic rings. The number of halogens is 4. The van der Waals surface area contributed by atoms with Gasteiger partial charge in [-0.2, -0.15) is 8.42 Å². The van der Waals surface area contributed by atoms with E-state index >= 15 is 0 Å². The molecule has 0 aromatic heterocycles. The molecule has 0 aromatic rings. The first-order valence-electron chi connectivity index (χ1n) is 1.55. The summed E-state index contributed by atoms with van der Waals surface area (Å²) in [6.45, 7) is 0. The van der Waals surface area contributed by atoms with Gasteiger partial charge in [0.05, 0.1) is 0 Å². The van der Waals surface area contributed by atoms with Gasteiger partial charge in [-0.05, 0) is 0 Å². The molecular formula is C2Cl4N2O4STi. The topological polar surface area (TPSA) is 93.0 Å². The Labute approximate surface area is 120 Å². The van der Waals surface area contributed by atoms with Gasteiger partial charge in [0.25, 0.3) is 12.2 Å². The summed E-state index contributed by atoms with van der Waals surface area (Å²) in [7, 11) is -4.28. The summed E-state index contributed by atoms with van der Waals surface area (Å²) < 4.78 is 24.3. The molecule has 0 bridgehead atoms. The molecular weight excluding hydrogens is 338 g/mol. The summed E-state index contributed by atoms with van der Waals surface area (Å²) in [5, 5.41) is 0. The van der Waals surface area contributed by atoms with E-state index in [2.05, 4.69) is 8.80 Å². The van der Waals surface area contributed by atoms with Crippen LogP contribution in [0.1, 0.15) is 0 Å². The van der Waals surface area contributed by atoms with Gasteiger partial charge < -0.3 is 49.6 Å². The zero-order valence-corrected chi connectivity index (χ0v) is 11.3. The van der Waals surface area contributed by atoms with Gasteiger partial charge in [0.2, 0.25) is 0 Å². The quantitative estimate of drug-likeness (QED) is 0.284. The molecule has 0 spiro atoms. The minimum absolute atomic E-state index is 0. The van der Waals surface area contributed by atoms with Crippen LogP contribution in [0.2, 0.25) is 0 Å². The summed E-state index contributed by atoms with van der Waals surface area (Å²) >= 11 is 0. The Bertz CT molecular complexity index is 270. The number of carbonyl (C=O) groups excluding carboxylic acids is 2. The van der Waals surface area contributed by atoms with E-state index in [9.17, 15) is 18.0 Å². The molecule has 0 heterocycles. The molecule has 0 saturated heterocycles. The van der Waals surface area contributed by atoms with Crippen LogP contribution in [-0.4, -0.2) is 20.6 Å². The van der Waals surface area contributed by atoms with E-state index in [1.165, 1.54) is 0 Å². The van der Waals surface area contributed by atoms with E-state index in [4.69, 9.17) is 0 Å². The maximum absolute atomic E-state index is 9.97. The minimum atomic E-state index is -4.28. The van der Waals surface area contributed by atoms with E-state index < -0.39 is 10.2 Å². The number of hydrogen-bond donors (Lipinski definition) is 0. The van der Waals surface area contributed by atoms with E-state index in [0.29, 0.717) is 12.2 Å². The third-order valence-electron chi connectivity index (χ3n) is 0.305. The second-order valence-corrected chi connectivity index (χ2v) is 2.07. The van der Waals surface area contributed by atoms with Gasteiger partial charge in [-0.3, -0.25) is 0 Å². The number of hydrogen-bond acceptors (Lipinski definition) is 4. The summed E-state index contributed by atoms with van der Waals surface area (Å²) in [5.41, 5.74) is 0. The largest absolute Gasteiger partial charge is 4.00 e. The Morgan fingerprint density at radius 3 is 1.14 bits per heavy atom. The van der Waals surface area contributed by atoms with Crippen molar-refractivity contribution < 1.29 is 89.4 Å². The van der Waals surface area contributed by atoms with E-state index in [1.807, 2.05) is 0 Å². The van der Waals surface area contributed by atoms with Gasteiger partial charge in [-0.15, -0.1) is 0 Å². The van der Waals surface area contributed by atoms with Crippen molar-refractivity contribution in [1.29, 1.82) is 0 Å². The Hall–Kier alpha value is 0.584. The van der Waals surface area contributed by atoms with Gasteiger partial charge in [0, 0.05) is 0 Å². The summed E-state index contributed by atoms with van der Waals surface area (Å²) in [5.74, 6) is 0. The molecule has 0 atom stereocenters. The maximum atomic E-state index is 9.97. The normalized spacial score (nSPS) is 5.71. The predicted octanol–water partition coefficient (Wildman–Crippen LogP) is -13.1. The van der Waals surface area contributed by atoms with Crippen molar-refractivity contribution in [3.8, 4) is 0 Å². The van der Waals surface area contributed by atoms with E-state index in [0.717, 1.165) is 0 Å². The first-order valence-corrected chi connectivity index (χ1v) is 2.95. The van der Waals surface area contributed by atoms with Crippen LogP contribution in [0, 0.1) is 0 Å². The third-order valence-corrected chi connectivity index (χ3v) is 0.916. The molecule has 0 aromatic carbocycles. The minimum Gasteiger partial charge on any atom is -1.00 e. The van der Waals surface area contributed by atoms with Crippen molar-refractivity contribution in [2.24, 2.45) is 8.80 Å². The van der Waals surface area contributed by atoms with E-state index in [-0.39, 0.29) is 71.3 Å². The summed E-state index contributed by atoms with van der Waals surface area (Å²) in [6.07, 6.45) is 1.41. The molecule has 14 heavy (non-hydrogen) atoms. The van der Waals surface area contributed by atoms with Crippen LogP contribution in [0.15, 0.2) is 8.80 Å². The SMILES string of the molecule is O=C=NS(=O)(=O)N=C=O.[Cl-].[Cl-].[Cl-].[Cl-].[Ti+4]. The monoisotopic (exact) mass is 336 g/mol. The summed E-state index contributed by atoms with van der Waals surface area (Å²) in [6, 6.07) is 0. The second-order valence-electron chi connectivity index (χ2n) is 0.813. The smallest absolute Gasteiger partial charge is 1.00 e. The van der Waals surface area contributed by atoms with Crippen LogP contribution in [-0.2, 0) is 41.5 Å². The average Bonchev–Trinajstić information content (AvgIpc) is 1.64. The van der Waals surface area contributed by atoms with Crippen molar-refractivity contribution in [2.75, 3.05) is 0 Å². The van der Waals surface area contributed by atoms with Crippen LogP contribution >= 0.6 is 0 Å². The summed E-state index contributed by atoms with van der Waals surface area (Å²) in [4.78, 5) is 18.5. The van der Waals surface area contributed by atoms with Crippen LogP contribution in [0.5, 0.6) is 0 Å². The average molecular weight is 338 g/mol. The van der Waals surface area contributed by atoms with Crippen LogP contribution in [0.3, 0.4) is 0 Å². The fraction of sp³-hybridized carbons (Fsp3) is 0. The number of nitrogens with zero attached hydrogens (tertiary/aromatic N) is 2. The zero-order chi connectivity index (χ0) is 7.33. The Morgan fingerprint density at radius 1 is 0.786 bits per heavy atom. The fourth-order valence-electron chi connectivity index (χ4n) is 0.115. The van der Waals surface area contributed by atoms with Crippen molar-refractivity contribution in [3.05, 3.63) is 0 Å². The predicted molar refractivity (Wildman–Crippen MR) is 25.2 cm³/mol. The first-order chi connectivity index (χ1) is 4.12. The molecule has 80 valence electrons. The van der Waals surface area contributed by atoms with Crippen molar-refractivity contribution >= 4 is 22.4 Å². The molecule has 0 unspecified atom stereocenters. The molecule has 0 aliphatic carbocycles. The Kier molecular flexibility index (Phi) is 50.1. The Morgan fingerprint density at radius 2 is 1.00 bits per heavy atom. The van der Waals surface area contributed by atoms with Gasteiger partial charge in [0.15, 0.2) is 0 Å². The maximum Gasteiger partial charge on any atom is 4.00 e. The molecule has 0 fully saturated rings. The van der Waals surface area contributed by atoms with Gasteiger partial charge in [0.1, 0.15) is 0 Å². The van der Waals surface area contributed by atoms with Crippen LogP contribution in [0.25, 0.3) is 0 Å². The van der Waals surface area contributed by atoms with Crippen molar-refractivity contribution in [2.45, 2.75) is 0 Å².